The van der Waals surface area contributed by atoms with Gasteiger partial charge in [-0.2, -0.15) is 8.42 Å². The Morgan fingerprint density at radius 1 is 1.60 bits per heavy atom. The van der Waals surface area contributed by atoms with Crippen molar-refractivity contribution in [3.05, 3.63) is 0 Å². The first-order valence-corrected chi connectivity index (χ1v) is 4.83. The zero-order valence-corrected chi connectivity index (χ0v) is 7.33. The van der Waals surface area contributed by atoms with E-state index >= 15 is 0 Å². The second kappa shape index (κ2) is 4.00. The summed E-state index contributed by atoms with van der Waals surface area (Å²) in [5.74, 6) is 0. The number of hydrogen-bond acceptors (Lipinski definition) is 3. The van der Waals surface area contributed by atoms with Gasteiger partial charge in [0.1, 0.15) is 4.20 Å². The van der Waals surface area contributed by atoms with Crippen molar-refractivity contribution < 1.29 is 13.0 Å². The molecule has 0 radical (unpaired) electrons. The SMILES string of the molecule is CCCCC(=S)S(=O)(=O)O. The maximum atomic E-state index is 10.3. The molecule has 0 aliphatic rings. The molecule has 1 N–H and O–H groups in total. The summed E-state index contributed by atoms with van der Waals surface area (Å²) in [7, 11) is -4.04. The Morgan fingerprint density at radius 2 is 2.10 bits per heavy atom. The summed E-state index contributed by atoms with van der Waals surface area (Å²) in [5.41, 5.74) is 0. The molecule has 0 saturated heterocycles. The minimum Gasteiger partial charge on any atom is -0.281 e. The van der Waals surface area contributed by atoms with Gasteiger partial charge in [-0.25, -0.2) is 0 Å². The molecule has 0 atom stereocenters. The van der Waals surface area contributed by atoms with Crippen molar-refractivity contribution in [2.75, 3.05) is 0 Å². The van der Waals surface area contributed by atoms with E-state index in [-0.39, 0.29) is 10.6 Å². The Morgan fingerprint density at radius 3 is 2.40 bits per heavy atom. The van der Waals surface area contributed by atoms with Crippen LogP contribution >= 0.6 is 12.2 Å². The van der Waals surface area contributed by atoms with Gasteiger partial charge < -0.3 is 0 Å². The van der Waals surface area contributed by atoms with Crippen LogP contribution in [0.1, 0.15) is 26.2 Å². The van der Waals surface area contributed by atoms with Gasteiger partial charge in [-0.1, -0.05) is 25.6 Å². The van der Waals surface area contributed by atoms with Crippen molar-refractivity contribution in [1.29, 1.82) is 0 Å². The lowest BCUT2D eigenvalue weighted by Gasteiger charge is -1.95. The summed E-state index contributed by atoms with van der Waals surface area (Å²) in [6.45, 7) is 1.92. The fourth-order valence-electron chi connectivity index (χ4n) is 0.450. The van der Waals surface area contributed by atoms with Crippen LogP contribution < -0.4 is 0 Å². The van der Waals surface area contributed by atoms with Crippen LogP contribution in [0.5, 0.6) is 0 Å². The molecule has 0 fully saturated rings. The molecule has 0 aromatic heterocycles. The molecular formula is C5H10O3S2. The van der Waals surface area contributed by atoms with Gasteiger partial charge in [0.05, 0.1) is 0 Å². The van der Waals surface area contributed by atoms with E-state index in [1.165, 1.54) is 0 Å². The number of unbranched alkanes of at least 4 members (excludes halogenated alkanes) is 1. The number of hydrogen-bond donors (Lipinski definition) is 1. The summed E-state index contributed by atoms with van der Waals surface area (Å²) < 4.78 is 28.6. The van der Waals surface area contributed by atoms with Crippen LogP contribution in [0.15, 0.2) is 0 Å². The summed E-state index contributed by atoms with van der Waals surface area (Å²) in [4.78, 5) is 0. The lowest BCUT2D eigenvalue weighted by Crippen LogP contribution is -2.09. The first-order chi connectivity index (χ1) is 4.48. The quantitative estimate of drug-likeness (QED) is 0.529. The lowest BCUT2D eigenvalue weighted by atomic mass is 10.3. The van der Waals surface area contributed by atoms with Gasteiger partial charge >= 0.3 is 10.1 Å². The Balaban J connectivity index is 3.88. The molecule has 0 rings (SSSR count). The monoisotopic (exact) mass is 182 g/mol. The van der Waals surface area contributed by atoms with E-state index in [1.807, 2.05) is 6.92 Å². The van der Waals surface area contributed by atoms with E-state index in [9.17, 15) is 8.42 Å². The highest BCUT2D eigenvalue weighted by molar-refractivity contribution is 8.13. The van der Waals surface area contributed by atoms with Crippen molar-refractivity contribution in [3.8, 4) is 0 Å². The van der Waals surface area contributed by atoms with Crippen LogP contribution in [0.2, 0.25) is 0 Å². The second-order valence-corrected chi connectivity index (χ2v) is 4.14. The highest BCUT2D eigenvalue weighted by atomic mass is 32.2. The van der Waals surface area contributed by atoms with Gasteiger partial charge in [0.25, 0.3) is 0 Å². The predicted molar refractivity (Wildman–Crippen MR) is 43.7 cm³/mol. The third-order valence-electron chi connectivity index (χ3n) is 1.02. The third-order valence-corrected chi connectivity index (χ3v) is 2.64. The molecule has 10 heavy (non-hydrogen) atoms. The van der Waals surface area contributed by atoms with Crippen LogP contribution in [-0.4, -0.2) is 17.2 Å². The summed E-state index contributed by atoms with van der Waals surface area (Å²) in [5, 5.41) is 0. The highest BCUT2D eigenvalue weighted by Gasteiger charge is 2.11. The molecule has 0 aromatic carbocycles. The van der Waals surface area contributed by atoms with E-state index in [4.69, 9.17) is 4.55 Å². The number of rotatable bonds is 3. The van der Waals surface area contributed by atoms with Crippen LogP contribution in [-0.2, 0) is 10.1 Å². The molecule has 3 nitrogen and oxygen atoms in total. The Hall–Kier alpha value is -0.0000000000000000763. The molecule has 0 saturated carbocycles. The van der Waals surface area contributed by atoms with E-state index in [0.29, 0.717) is 6.42 Å². The normalized spacial score (nSPS) is 11.4. The van der Waals surface area contributed by atoms with Crippen LogP contribution in [0.4, 0.5) is 0 Å². The fourth-order valence-corrected chi connectivity index (χ4v) is 0.997. The van der Waals surface area contributed by atoms with Crippen LogP contribution in [0.25, 0.3) is 0 Å². The smallest absolute Gasteiger partial charge is 0.281 e. The molecule has 60 valence electrons. The summed E-state index contributed by atoms with van der Waals surface area (Å²) in [6.07, 6.45) is 1.86. The molecule has 0 amide bonds. The van der Waals surface area contributed by atoms with Crippen molar-refractivity contribution in [2.24, 2.45) is 0 Å². The molecule has 0 bridgehead atoms. The maximum absolute atomic E-state index is 10.3. The average Bonchev–Trinajstić information content (AvgIpc) is 1.80. The Kier molecular flexibility index (Phi) is 4.00. The lowest BCUT2D eigenvalue weighted by molar-refractivity contribution is 0.498. The Labute approximate surface area is 66.2 Å². The van der Waals surface area contributed by atoms with E-state index in [1.54, 1.807) is 0 Å². The molecule has 0 aliphatic carbocycles. The van der Waals surface area contributed by atoms with Gasteiger partial charge in [0.15, 0.2) is 0 Å². The molecule has 0 aromatic rings. The highest BCUT2D eigenvalue weighted by Crippen LogP contribution is 2.01. The molecule has 0 unspecified atom stereocenters. The first kappa shape index (κ1) is 10.0. The van der Waals surface area contributed by atoms with Crippen LogP contribution in [0.3, 0.4) is 0 Å². The minimum atomic E-state index is -4.04. The second-order valence-electron chi connectivity index (χ2n) is 1.95. The van der Waals surface area contributed by atoms with Gasteiger partial charge in [0.2, 0.25) is 0 Å². The molecule has 0 aliphatic heterocycles. The molecule has 0 spiro atoms. The van der Waals surface area contributed by atoms with E-state index in [0.717, 1.165) is 6.42 Å². The van der Waals surface area contributed by atoms with Gasteiger partial charge in [0, 0.05) is 0 Å². The predicted octanol–water partition coefficient (Wildman–Crippen LogP) is 1.39. The fraction of sp³-hybridized carbons (Fsp3) is 0.800. The Bertz CT molecular complexity index is 205. The van der Waals surface area contributed by atoms with E-state index in [2.05, 4.69) is 12.2 Å². The van der Waals surface area contributed by atoms with Crippen molar-refractivity contribution >= 4 is 26.5 Å². The standard InChI is InChI=1S/C5H10O3S2/c1-2-3-4-5(9)10(6,7)8/h2-4H2,1H3,(H,6,7,8). The minimum absolute atomic E-state index is 0.255. The molecule has 0 heterocycles. The zero-order valence-electron chi connectivity index (χ0n) is 5.70. The topological polar surface area (TPSA) is 54.4 Å². The number of thiocarbonyl (C=S) groups is 1. The van der Waals surface area contributed by atoms with Crippen molar-refractivity contribution in [1.82, 2.24) is 0 Å². The first-order valence-electron chi connectivity index (χ1n) is 2.98. The molecule has 5 heteroatoms. The van der Waals surface area contributed by atoms with Crippen molar-refractivity contribution in [2.45, 2.75) is 26.2 Å². The zero-order chi connectivity index (χ0) is 8.20. The summed E-state index contributed by atoms with van der Waals surface area (Å²) in [6, 6.07) is 0. The van der Waals surface area contributed by atoms with Gasteiger partial charge in [-0.3, -0.25) is 4.55 Å². The van der Waals surface area contributed by atoms with Crippen LogP contribution in [0, 0.1) is 0 Å². The molecular weight excluding hydrogens is 172 g/mol. The van der Waals surface area contributed by atoms with Crippen molar-refractivity contribution in [3.63, 3.8) is 0 Å². The largest absolute Gasteiger partial charge is 0.300 e. The van der Waals surface area contributed by atoms with Gasteiger partial charge in [-0.05, 0) is 12.8 Å². The van der Waals surface area contributed by atoms with Gasteiger partial charge in [-0.15, -0.1) is 0 Å². The average molecular weight is 182 g/mol. The third kappa shape index (κ3) is 3.92. The van der Waals surface area contributed by atoms with E-state index < -0.39 is 10.1 Å². The maximum Gasteiger partial charge on any atom is 0.300 e. The summed E-state index contributed by atoms with van der Waals surface area (Å²) >= 11 is 4.42.